The van der Waals surface area contributed by atoms with Gasteiger partial charge in [0, 0.05) is 10.6 Å². The number of aryl methyl sites for hydroxylation is 1. The van der Waals surface area contributed by atoms with Crippen LogP contribution in [-0.2, 0) is 0 Å². The standard InChI is InChI=1S/C14H22N2S/c1-11-10-13(2-3-14(11)15)17-9-6-12-4-7-16-8-5-12/h2-3,10,12,16H,4-9,15H2,1H3. The maximum Gasteiger partial charge on any atom is 0.0344 e. The van der Waals surface area contributed by atoms with E-state index in [0.717, 1.165) is 11.6 Å². The number of nitrogen functional groups attached to an aromatic ring is 1. The first-order valence-electron chi connectivity index (χ1n) is 6.45. The van der Waals surface area contributed by atoms with Gasteiger partial charge in [-0.25, -0.2) is 0 Å². The van der Waals surface area contributed by atoms with Crippen LogP contribution in [0.1, 0.15) is 24.8 Å². The van der Waals surface area contributed by atoms with Gasteiger partial charge in [0.1, 0.15) is 0 Å². The second kappa shape index (κ2) is 6.31. The monoisotopic (exact) mass is 250 g/mol. The van der Waals surface area contributed by atoms with Gasteiger partial charge in [0.25, 0.3) is 0 Å². The molecule has 0 bridgehead atoms. The van der Waals surface area contributed by atoms with E-state index >= 15 is 0 Å². The zero-order valence-corrected chi connectivity index (χ0v) is 11.4. The molecular weight excluding hydrogens is 228 g/mol. The van der Waals surface area contributed by atoms with Gasteiger partial charge in [-0.1, -0.05) is 0 Å². The van der Waals surface area contributed by atoms with Gasteiger partial charge in [-0.05, 0) is 74.7 Å². The molecule has 0 unspecified atom stereocenters. The van der Waals surface area contributed by atoms with Crippen LogP contribution in [0.4, 0.5) is 5.69 Å². The summed E-state index contributed by atoms with van der Waals surface area (Å²) in [6.07, 6.45) is 4.04. The molecule has 0 aliphatic carbocycles. The van der Waals surface area contributed by atoms with Crippen molar-refractivity contribution in [3.8, 4) is 0 Å². The number of hydrogen-bond donors (Lipinski definition) is 2. The van der Waals surface area contributed by atoms with Crippen molar-refractivity contribution in [1.82, 2.24) is 5.32 Å². The molecule has 0 spiro atoms. The molecule has 3 heteroatoms. The minimum atomic E-state index is 0.896. The van der Waals surface area contributed by atoms with Crippen molar-refractivity contribution in [2.24, 2.45) is 5.92 Å². The topological polar surface area (TPSA) is 38.0 Å². The van der Waals surface area contributed by atoms with Crippen LogP contribution in [0.25, 0.3) is 0 Å². The maximum absolute atomic E-state index is 5.82. The fourth-order valence-electron chi connectivity index (χ4n) is 2.25. The minimum absolute atomic E-state index is 0.896. The van der Waals surface area contributed by atoms with Crippen molar-refractivity contribution in [3.05, 3.63) is 23.8 Å². The summed E-state index contributed by atoms with van der Waals surface area (Å²) in [7, 11) is 0. The Morgan fingerprint density at radius 3 is 2.82 bits per heavy atom. The quantitative estimate of drug-likeness (QED) is 0.637. The van der Waals surface area contributed by atoms with Gasteiger partial charge in [0.15, 0.2) is 0 Å². The zero-order chi connectivity index (χ0) is 12.1. The summed E-state index contributed by atoms with van der Waals surface area (Å²) in [5, 5.41) is 3.42. The van der Waals surface area contributed by atoms with E-state index in [-0.39, 0.29) is 0 Å². The van der Waals surface area contributed by atoms with Crippen molar-refractivity contribution < 1.29 is 0 Å². The molecule has 1 aromatic carbocycles. The lowest BCUT2D eigenvalue weighted by Gasteiger charge is -2.22. The van der Waals surface area contributed by atoms with Gasteiger partial charge in [-0.2, -0.15) is 0 Å². The van der Waals surface area contributed by atoms with Crippen LogP contribution in [0.5, 0.6) is 0 Å². The van der Waals surface area contributed by atoms with Crippen LogP contribution in [0, 0.1) is 12.8 Å². The number of piperidine rings is 1. The molecule has 1 fully saturated rings. The van der Waals surface area contributed by atoms with Crippen LogP contribution >= 0.6 is 11.8 Å². The fraction of sp³-hybridized carbons (Fsp3) is 0.571. The van der Waals surface area contributed by atoms with Crippen molar-refractivity contribution in [2.75, 3.05) is 24.6 Å². The Morgan fingerprint density at radius 2 is 2.12 bits per heavy atom. The lowest BCUT2D eigenvalue weighted by Crippen LogP contribution is -2.27. The van der Waals surface area contributed by atoms with Crippen LogP contribution in [0.3, 0.4) is 0 Å². The smallest absolute Gasteiger partial charge is 0.0344 e. The molecule has 1 aliphatic heterocycles. The highest BCUT2D eigenvalue weighted by Crippen LogP contribution is 2.26. The van der Waals surface area contributed by atoms with E-state index in [4.69, 9.17) is 5.73 Å². The average molecular weight is 250 g/mol. The highest BCUT2D eigenvalue weighted by atomic mass is 32.2. The molecule has 1 saturated heterocycles. The van der Waals surface area contributed by atoms with Crippen molar-refractivity contribution in [3.63, 3.8) is 0 Å². The average Bonchev–Trinajstić information content (AvgIpc) is 2.35. The second-order valence-electron chi connectivity index (χ2n) is 4.85. The third-order valence-corrected chi connectivity index (χ3v) is 4.52. The van der Waals surface area contributed by atoms with E-state index in [1.807, 2.05) is 17.8 Å². The summed E-state index contributed by atoms with van der Waals surface area (Å²) < 4.78 is 0. The number of hydrogen-bond acceptors (Lipinski definition) is 3. The second-order valence-corrected chi connectivity index (χ2v) is 6.02. The van der Waals surface area contributed by atoms with Crippen LogP contribution in [-0.4, -0.2) is 18.8 Å². The lowest BCUT2D eigenvalue weighted by atomic mass is 9.96. The Bertz CT molecular complexity index is 359. The Labute approximate surface area is 108 Å². The first-order valence-corrected chi connectivity index (χ1v) is 7.44. The molecular formula is C14H22N2S. The molecule has 94 valence electrons. The van der Waals surface area contributed by atoms with Crippen LogP contribution in [0.15, 0.2) is 23.1 Å². The molecule has 2 rings (SSSR count). The number of benzene rings is 1. The van der Waals surface area contributed by atoms with Crippen molar-refractivity contribution in [2.45, 2.75) is 31.1 Å². The third-order valence-electron chi connectivity index (χ3n) is 3.49. The van der Waals surface area contributed by atoms with Gasteiger partial charge in [-0.3, -0.25) is 0 Å². The Hall–Kier alpha value is -0.670. The molecule has 0 atom stereocenters. The summed E-state index contributed by atoms with van der Waals surface area (Å²) in [6, 6.07) is 6.35. The molecule has 1 aliphatic rings. The van der Waals surface area contributed by atoms with E-state index in [0.29, 0.717) is 0 Å². The molecule has 2 nitrogen and oxygen atoms in total. The predicted molar refractivity (Wildman–Crippen MR) is 76.5 cm³/mol. The van der Waals surface area contributed by atoms with Crippen LogP contribution < -0.4 is 11.1 Å². The number of anilines is 1. The molecule has 0 saturated carbocycles. The third kappa shape index (κ3) is 3.93. The molecule has 3 N–H and O–H groups in total. The SMILES string of the molecule is Cc1cc(SCCC2CCNCC2)ccc1N. The highest BCUT2D eigenvalue weighted by Gasteiger charge is 2.12. The minimum Gasteiger partial charge on any atom is -0.399 e. The molecule has 17 heavy (non-hydrogen) atoms. The predicted octanol–water partition coefficient (Wildman–Crippen LogP) is 3.06. The van der Waals surface area contributed by atoms with Gasteiger partial charge in [-0.15, -0.1) is 11.8 Å². The van der Waals surface area contributed by atoms with Gasteiger partial charge in [0.05, 0.1) is 0 Å². The number of nitrogens with two attached hydrogens (primary N) is 1. The van der Waals surface area contributed by atoms with Gasteiger partial charge < -0.3 is 11.1 Å². The lowest BCUT2D eigenvalue weighted by molar-refractivity contribution is 0.367. The summed E-state index contributed by atoms with van der Waals surface area (Å²) >= 11 is 1.96. The van der Waals surface area contributed by atoms with Crippen molar-refractivity contribution in [1.29, 1.82) is 0 Å². The molecule has 1 aromatic rings. The zero-order valence-electron chi connectivity index (χ0n) is 10.5. The Kier molecular flexibility index (Phi) is 4.75. The Morgan fingerprint density at radius 1 is 1.35 bits per heavy atom. The maximum atomic E-state index is 5.82. The summed E-state index contributed by atoms with van der Waals surface area (Å²) in [6.45, 7) is 4.48. The van der Waals surface area contributed by atoms with E-state index in [1.54, 1.807) is 0 Å². The van der Waals surface area contributed by atoms with Gasteiger partial charge in [0.2, 0.25) is 0 Å². The molecule has 0 radical (unpaired) electrons. The van der Waals surface area contributed by atoms with E-state index in [9.17, 15) is 0 Å². The molecule has 0 amide bonds. The molecule has 1 heterocycles. The molecule has 0 aromatic heterocycles. The Balaban J connectivity index is 1.75. The van der Waals surface area contributed by atoms with Crippen molar-refractivity contribution >= 4 is 17.4 Å². The van der Waals surface area contributed by atoms with E-state index < -0.39 is 0 Å². The fourth-order valence-corrected chi connectivity index (χ4v) is 3.36. The first kappa shape index (κ1) is 12.8. The summed E-state index contributed by atoms with van der Waals surface area (Å²) in [5.74, 6) is 2.16. The number of thioether (sulfide) groups is 1. The number of rotatable bonds is 4. The first-order chi connectivity index (χ1) is 8.25. The van der Waals surface area contributed by atoms with E-state index in [1.165, 1.54) is 48.6 Å². The number of nitrogens with one attached hydrogen (secondary N) is 1. The summed E-state index contributed by atoms with van der Waals surface area (Å²) in [4.78, 5) is 1.35. The normalized spacial score (nSPS) is 17.2. The van der Waals surface area contributed by atoms with Gasteiger partial charge >= 0.3 is 0 Å². The van der Waals surface area contributed by atoms with Crippen LogP contribution in [0.2, 0.25) is 0 Å². The largest absolute Gasteiger partial charge is 0.399 e. The highest BCUT2D eigenvalue weighted by molar-refractivity contribution is 7.99. The summed E-state index contributed by atoms with van der Waals surface area (Å²) in [5.41, 5.74) is 7.91. The van der Waals surface area contributed by atoms with E-state index in [2.05, 4.69) is 24.4 Å².